The summed E-state index contributed by atoms with van der Waals surface area (Å²) in [6, 6.07) is 13.5. The second-order valence-electron chi connectivity index (χ2n) is 4.34. The minimum absolute atomic E-state index is 0.168. The smallest absolute Gasteiger partial charge is 0.316 e. The van der Waals surface area contributed by atoms with Crippen LogP contribution >= 0.6 is 0 Å². The Morgan fingerprint density at radius 1 is 0.900 bits per heavy atom. The van der Waals surface area contributed by atoms with E-state index in [0.717, 1.165) is 5.56 Å². The maximum Gasteiger partial charge on any atom is 0.316 e. The molecule has 5 heteroatoms. The molecule has 2 aromatic rings. The Morgan fingerprint density at radius 2 is 1.45 bits per heavy atom. The van der Waals surface area contributed by atoms with Gasteiger partial charge in [0.05, 0.1) is 0 Å². The van der Waals surface area contributed by atoms with Gasteiger partial charge in [-0.2, -0.15) is 0 Å². The molecule has 0 radical (unpaired) electrons. The average molecular weight is 269 g/mol. The average Bonchev–Trinajstić information content (AvgIpc) is 2.41. The summed E-state index contributed by atoms with van der Waals surface area (Å²) in [5, 5.41) is 5.25. The van der Waals surface area contributed by atoms with Crippen molar-refractivity contribution in [2.75, 3.05) is 10.6 Å². The summed E-state index contributed by atoms with van der Waals surface area (Å²) in [4.78, 5) is 22.8. The van der Waals surface area contributed by atoms with Gasteiger partial charge in [-0.25, -0.2) is 4.79 Å². The number of primary amides is 1. The van der Waals surface area contributed by atoms with Crippen molar-refractivity contribution in [3.8, 4) is 0 Å². The number of anilines is 2. The second kappa shape index (κ2) is 5.88. The minimum atomic E-state index is -0.623. The van der Waals surface area contributed by atoms with Crippen LogP contribution in [0.3, 0.4) is 0 Å². The zero-order valence-electron chi connectivity index (χ0n) is 11.0. The Kier molecular flexibility index (Phi) is 4.00. The number of hydrogen-bond acceptors (Lipinski definition) is 2. The molecule has 4 N–H and O–H groups in total. The molecule has 3 amide bonds. The maximum atomic E-state index is 12.1. The predicted molar refractivity (Wildman–Crippen MR) is 78.8 cm³/mol. The predicted octanol–water partition coefficient (Wildman–Crippen LogP) is 2.74. The topological polar surface area (TPSA) is 84.2 Å². The normalized spacial score (nSPS) is 9.85. The second-order valence-corrected chi connectivity index (χ2v) is 4.34. The Hall–Kier alpha value is -2.82. The molecule has 0 saturated heterocycles. The highest BCUT2D eigenvalue weighted by atomic mass is 16.2. The number of benzene rings is 2. The summed E-state index contributed by atoms with van der Waals surface area (Å²) in [5.74, 6) is -0.168. The Balaban J connectivity index is 2.09. The van der Waals surface area contributed by atoms with Crippen LogP contribution in [-0.4, -0.2) is 11.9 Å². The summed E-state index contributed by atoms with van der Waals surface area (Å²) in [6.45, 7) is 1.88. The summed E-state index contributed by atoms with van der Waals surface area (Å²) < 4.78 is 0. The molecule has 0 aliphatic rings. The van der Waals surface area contributed by atoms with Gasteiger partial charge in [-0.3, -0.25) is 4.79 Å². The van der Waals surface area contributed by atoms with Gasteiger partial charge in [-0.1, -0.05) is 18.2 Å². The third-order valence-electron chi connectivity index (χ3n) is 2.80. The van der Waals surface area contributed by atoms with Crippen LogP contribution in [0.15, 0.2) is 48.5 Å². The number of carbonyl (C=O) groups is 2. The van der Waals surface area contributed by atoms with Gasteiger partial charge < -0.3 is 16.4 Å². The van der Waals surface area contributed by atoms with Gasteiger partial charge >= 0.3 is 6.03 Å². The molecule has 102 valence electrons. The lowest BCUT2D eigenvalue weighted by Crippen LogP contribution is -2.19. The van der Waals surface area contributed by atoms with Gasteiger partial charge in [0.1, 0.15) is 0 Å². The van der Waals surface area contributed by atoms with Gasteiger partial charge in [-0.05, 0) is 42.8 Å². The zero-order chi connectivity index (χ0) is 14.5. The van der Waals surface area contributed by atoms with Crippen LogP contribution in [0.5, 0.6) is 0 Å². The largest absolute Gasteiger partial charge is 0.351 e. The van der Waals surface area contributed by atoms with Crippen LogP contribution < -0.4 is 16.4 Å². The first kappa shape index (κ1) is 13.6. The van der Waals surface area contributed by atoms with Crippen LogP contribution in [0.2, 0.25) is 0 Å². The van der Waals surface area contributed by atoms with Gasteiger partial charge in [0.15, 0.2) is 0 Å². The molecule has 5 nitrogen and oxygen atoms in total. The summed E-state index contributed by atoms with van der Waals surface area (Å²) in [6.07, 6.45) is 0. The van der Waals surface area contributed by atoms with E-state index in [4.69, 9.17) is 5.73 Å². The lowest BCUT2D eigenvalue weighted by molar-refractivity contribution is 0.102. The van der Waals surface area contributed by atoms with E-state index in [1.54, 1.807) is 30.3 Å². The molecule has 0 bridgehead atoms. The van der Waals surface area contributed by atoms with Gasteiger partial charge in [-0.15, -0.1) is 0 Å². The molecule has 0 saturated carbocycles. The Morgan fingerprint density at radius 3 is 2.00 bits per heavy atom. The molecular weight excluding hydrogens is 254 g/mol. The number of hydrogen-bond donors (Lipinski definition) is 3. The zero-order valence-corrected chi connectivity index (χ0v) is 11.0. The molecule has 0 heterocycles. The third kappa shape index (κ3) is 3.35. The van der Waals surface area contributed by atoms with E-state index in [0.29, 0.717) is 16.9 Å². The molecule has 0 unspecified atom stereocenters. The molecule has 0 aliphatic heterocycles. The van der Waals surface area contributed by atoms with Gasteiger partial charge in [0.2, 0.25) is 0 Å². The number of urea groups is 1. The monoisotopic (exact) mass is 269 g/mol. The van der Waals surface area contributed by atoms with E-state index >= 15 is 0 Å². The lowest BCUT2D eigenvalue weighted by atomic mass is 10.1. The minimum Gasteiger partial charge on any atom is -0.351 e. The van der Waals surface area contributed by atoms with E-state index < -0.39 is 6.03 Å². The molecular formula is C15H15N3O2. The number of rotatable bonds is 3. The van der Waals surface area contributed by atoms with Crippen molar-refractivity contribution in [3.05, 3.63) is 59.7 Å². The number of carbonyl (C=O) groups excluding carboxylic acids is 2. The highest BCUT2D eigenvalue weighted by molar-refractivity contribution is 6.05. The highest BCUT2D eigenvalue weighted by Gasteiger charge is 2.08. The standard InChI is InChI=1S/C15H15N3O2/c1-10-4-2-3-5-13(10)14(19)17-11-6-8-12(9-7-11)18-15(16)20/h2-9H,1H3,(H,17,19)(H3,16,18,20). The third-order valence-corrected chi connectivity index (χ3v) is 2.80. The quantitative estimate of drug-likeness (QED) is 0.800. The fourth-order valence-corrected chi connectivity index (χ4v) is 1.81. The molecule has 2 aromatic carbocycles. The van der Waals surface area contributed by atoms with Crippen molar-refractivity contribution in [3.63, 3.8) is 0 Å². The Labute approximate surface area is 116 Å². The number of nitrogens with two attached hydrogens (primary N) is 1. The summed E-state index contributed by atoms with van der Waals surface area (Å²) >= 11 is 0. The first-order chi connectivity index (χ1) is 9.56. The molecule has 0 aliphatic carbocycles. The van der Waals surface area contributed by atoms with Crippen molar-refractivity contribution < 1.29 is 9.59 Å². The van der Waals surface area contributed by atoms with Gasteiger partial charge in [0, 0.05) is 16.9 Å². The van der Waals surface area contributed by atoms with Crippen molar-refractivity contribution in [1.82, 2.24) is 0 Å². The van der Waals surface area contributed by atoms with E-state index in [9.17, 15) is 9.59 Å². The molecule has 0 atom stereocenters. The molecule has 0 spiro atoms. The van der Waals surface area contributed by atoms with Crippen LogP contribution in [0.4, 0.5) is 16.2 Å². The number of nitrogens with one attached hydrogen (secondary N) is 2. The first-order valence-electron chi connectivity index (χ1n) is 6.10. The van der Waals surface area contributed by atoms with E-state index in [2.05, 4.69) is 10.6 Å². The molecule has 2 rings (SSSR count). The maximum absolute atomic E-state index is 12.1. The Bertz CT molecular complexity index is 636. The van der Waals surface area contributed by atoms with Crippen LogP contribution in [0, 0.1) is 6.92 Å². The highest BCUT2D eigenvalue weighted by Crippen LogP contribution is 2.15. The van der Waals surface area contributed by atoms with E-state index in [-0.39, 0.29) is 5.91 Å². The number of aryl methyl sites for hydroxylation is 1. The number of amides is 3. The lowest BCUT2D eigenvalue weighted by Gasteiger charge is -2.08. The first-order valence-corrected chi connectivity index (χ1v) is 6.10. The fraction of sp³-hybridized carbons (Fsp3) is 0.0667. The van der Waals surface area contributed by atoms with Crippen molar-refractivity contribution >= 4 is 23.3 Å². The molecule has 20 heavy (non-hydrogen) atoms. The van der Waals surface area contributed by atoms with Gasteiger partial charge in [0.25, 0.3) is 5.91 Å². The van der Waals surface area contributed by atoms with E-state index in [1.807, 2.05) is 25.1 Å². The molecule has 0 aromatic heterocycles. The van der Waals surface area contributed by atoms with Crippen molar-refractivity contribution in [2.24, 2.45) is 5.73 Å². The van der Waals surface area contributed by atoms with Crippen molar-refractivity contribution in [2.45, 2.75) is 6.92 Å². The van der Waals surface area contributed by atoms with E-state index in [1.165, 1.54) is 0 Å². The molecule has 0 fully saturated rings. The van der Waals surface area contributed by atoms with Crippen molar-refractivity contribution in [1.29, 1.82) is 0 Å². The fourth-order valence-electron chi connectivity index (χ4n) is 1.81. The SMILES string of the molecule is Cc1ccccc1C(=O)Nc1ccc(NC(N)=O)cc1. The summed E-state index contributed by atoms with van der Waals surface area (Å²) in [7, 11) is 0. The van der Waals surface area contributed by atoms with Crippen LogP contribution in [0.25, 0.3) is 0 Å². The van der Waals surface area contributed by atoms with Crippen LogP contribution in [-0.2, 0) is 0 Å². The van der Waals surface area contributed by atoms with Crippen LogP contribution in [0.1, 0.15) is 15.9 Å². The summed E-state index contributed by atoms with van der Waals surface area (Å²) in [5.41, 5.74) is 7.78.